The number of aromatic amines is 1. The van der Waals surface area contributed by atoms with Crippen molar-refractivity contribution in [2.75, 3.05) is 0 Å². The van der Waals surface area contributed by atoms with Gasteiger partial charge >= 0.3 is 7.32 Å². The van der Waals surface area contributed by atoms with E-state index in [0.717, 1.165) is 11.0 Å². The zero-order valence-electron chi connectivity index (χ0n) is 6.85. The number of nitrogens with zero attached hydrogens (tertiary/aromatic N) is 1. The lowest BCUT2D eigenvalue weighted by Gasteiger charge is -2.08. The van der Waals surface area contributed by atoms with Crippen LogP contribution in [-0.4, -0.2) is 31.7 Å². The van der Waals surface area contributed by atoms with Crippen molar-refractivity contribution in [3.8, 4) is 0 Å². The van der Waals surface area contributed by atoms with Crippen molar-refractivity contribution in [3.63, 3.8) is 0 Å². The molecule has 8 heteroatoms. The van der Waals surface area contributed by atoms with Crippen molar-refractivity contribution in [1.29, 1.82) is 0 Å². The Morgan fingerprint density at radius 2 is 1.86 bits per heavy atom. The highest BCUT2D eigenvalue weighted by Gasteiger charge is 2.04. The Morgan fingerprint density at radius 1 is 1.29 bits per heavy atom. The van der Waals surface area contributed by atoms with Gasteiger partial charge in [-0.15, -0.1) is 0 Å². The van der Waals surface area contributed by atoms with E-state index in [1.807, 2.05) is 18.2 Å². The minimum absolute atomic E-state index is 0.703. The van der Waals surface area contributed by atoms with Gasteiger partial charge in [-0.25, -0.2) is 0 Å². The van der Waals surface area contributed by atoms with Crippen molar-refractivity contribution in [2.24, 2.45) is 0 Å². The van der Waals surface area contributed by atoms with Crippen LogP contribution in [0.2, 0.25) is 5.02 Å². The zero-order valence-corrected chi connectivity index (χ0v) is 8.37. The maximum absolute atomic E-state index is 7.17. The van der Waals surface area contributed by atoms with E-state index in [-0.39, 0.29) is 0 Å². The Bertz CT molecular complexity index is 411. The topological polar surface area (TPSA) is 81.4 Å². The van der Waals surface area contributed by atoms with Gasteiger partial charge in [-0.2, -0.15) is 4.20 Å². The highest BCUT2D eigenvalue weighted by atomic mass is 35.5. The highest BCUT2D eigenvalue weighted by Crippen LogP contribution is 2.23. The molecule has 0 unspecified atom stereocenters. The number of aromatic nitrogens is 2. The summed E-state index contributed by atoms with van der Waals surface area (Å²) in [7, 11) is -2.17. The maximum Gasteiger partial charge on any atom is 0.631 e. The molecule has 0 saturated carbocycles. The van der Waals surface area contributed by atoms with Gasteiger partial charge in [-0.1, -0.05) is 17.7 Å². The molecule has 0 radical (unpaired) electrons. The summed E-state index contributed by atoms with van der Waals surface area (Å²) in [6.45, 7) is 0. The summed E-state index contributed by atoms with van der Waals surface area (Å²) in [4.78, 5) is 0. The normalized spacial score (nSPS) is 9.79. The second-order valence-corrected chi connectivity index (χ2v) is 3.12. The monoisotopic (exact) mass is 236 g/mol. The van der Waals surface area contributed by atoms with Crippen LogP contribution in [0.5, 0.6) is 0 Å². The third-order valence-corrected chi connectivity index (χ3v) is 1.99. The molecule has 76 valence electrons. The number of benzene rings is 1. The Balaban J connectivity index is 0.000000213. The first kappa shape index (κ1) is 11.4. The predicted octanol–water partition coefficient (Wildman–Crippen LogP) is 0.573. The number of nitrogens with one attached hydrogen (secondary N) is 1. The number of hydrogen-bond donors (Lipinski definition) is 4. The van der Waals surface area contributed by atoms with Gasteiger partial charge in [0.1, 0.15) is 11.0 Å². The first-order valence-corrected chi connectivity index (χ1v) is 4.29. The summed E-state index contributed by atoms with van der Waals surface area (Å²) in [6.07, 6.45) is 0. The Hall–Kier alpha value is -0.655. The first-order chi connectivity index (χ1) is 6.52. The number of halogens is 2. The fourth-order valence-electron chi connectivity index (χ4n) is 0.892. The number of hydrogen-bond acceptors (Lipinski definition) is 3. The van der Waals surface area contributed by atoms with Gasteiger partial charge in [0, 0.05) is 11.8 Å². The molecular weight excluding hydrogens is 230 g/mol. The quantitative estimate of drug-likeness (QED) is 0.505. The summed E-state index contributed by atoms with van der Waals surface area (Å²) in [5, 5.41) is 25.0. The molecule has 2 aromatic rings. The van der Waals surface area contributed by atoms with Crippen molar-refractivity contribution in [3.05, 3.63) is 23.2 Å². The van der Waals surface area contributed by atoms with Crippen LogP contribution in [0.1, 0.15) is 0 Å². The molecule has 0 spiro atoms. The van der Waals surface area contributed by atoms with Crippen LogP contribution >= 0.6 is 23.4 Å². The first-order valence-electron chi connectivity index (χ1n) is 3.57. The van der Waals surface area contributed by atoms with Crippen LogP contribution in [0.4, 0.5) is 0 Å². The van der Waals surface area contributed by atoms with E-state index in [1.165, 1.54) is 4.20 Å². The molecule has 1 aromatic heterocycles. The Kier molecular flexibility index (Phi) is 3.85. The maximum atomic E-state index is 7.17. The second-order valence-electron chi connectivity index (χ2n) is 2.37. The van der Waals surface area contributed by atoms with Crippen molar-refractivity contribution in [2.45, 2.75) is 0 Å². The molecule has 4 N–H and O–H groups in total. The van der Waals surface area contributed by atoms with Crippen LogP contribution in [0, 0.1) is 0 Å². The average Bonchev–Trinajstić information content (AvgIpc) is 2.06. The van der Waals surface area contributed by atoms with E-state index in [9.17, 15) is 0 Å². The summed E-state index contributed by atoms with van der Waals surface area (Å²) < 4.78 is 1.40. The number of para-hydroxylation sites is 1. The second kappa shape index (κ2) is 4.72. The van der Waals surface area contributed by atoms with Crippen LogP contribution < -0.4 is 0 Å². The summed E-state index contributed by atoms with van der Waals surface area (Å²) in [5.41, 5.74) is 1.83. The highest BCUT2D eigenvalue weighted by molar-refractivity contribution is 6.35. The fourth-order valence-corrected chi connectivity index (χ4v) is 1.33. The standard InChI is InChI=1S/C6H4Cl2N2.BH3O3/c7-4-2-1-3-5-6(4)9-10(5)8;2-1(3)4/h1-3,9H;2-4H. The molecule has 0 saturated heterocycles. The molecule has 2 rings (SSSR count). The van der Waals surface area contributed by atoms with Gasteiger partial charge in [0.25, 0.3) is 0 Å². The predicted molar refractivity (Wildman–Crippen MR) is 55.0 cm³/mol. The van der Waals surface area contributed by atoms with E-state index >= 15 is 0 Å². The largest absolute Gasteiger partial charge is 0.631 e. The van der Waals surface area contributed by atoms with Crippen molar-refractivity contribution < 1.29 is 15.1 Å². The SMILES string of the molecule is Clc1cccc2c1[nH]n2Cl.OB(O)O. The molecular formula is C6H7BCl2N2O3. The van der Waals surface area contributed by atoms with E-state index in [2.05, 4.69) is 5.10 Å². The van der Waals surface area contributed by atoms with E-state index in [1.54, 1.807) is 0 Å². The molecule has 0 aliphatic heterocycles. The lowest BCUT2D eigenvalue weighted by Crippen LogP contribution is -2.07. The molecule has 0 fully saturated rings. The molecule has 1 aromatic carbocycles. The Labute approximate surface area is 89.7 Å². The summed E-state index contributed by atoms with van der Waals surface area (Å²) in [6, 6.07) is 5.57. The molecule has 0 aliphatic rings. The van der Waals surface area contributed by atoms with Gasteiger partial charge < -0.3 is 15.1 Å². The third-order valence-electron chi connectivity index (χ3n) is 1.41. The van der Waals surface area contributed by atoms with Crippen LogP contribution in [0.3, 0.4) is 0 Å². The number of rotatable bonds is 0. The fraction of sp³-hybridized carbons (Fsp3) is 0. The van der Waals surface area contributed by atoms with Crippen molar-refractivity contribution in [1.82, 2.24) is 9.30 Å². The van der Waals surface area contributed by atoms with Gasteiger partial charge in [0.2, 0.25) is 0 Å². The smallest absolute Gasteiger partial charge is 0.402 e. The van der Waals surface area contributed by atoms with Crippen LogP contribution in [0.15, 0.2) is 18.2 Å². The summed E-state index contributed by atoms with van der Waals surface area (Å²) >= 11 is 11.4. The number of H-pyrrole nitrogens is 1. The molecule has 14 heavy (non-hydrogen) atoms. The molecule has 0 amide bonds. The number of fused-ring (bicyclic) bond motifs is 1. The zero-order chi connectivity index (χ0) is 10.7. The molecule has 0 bridgehead atoms. The molecule has 1 heterocycles. The van der Waals surface area contributed by atoms with Gasteiger partial charge in [0.15, 0.2) is 0 Å². The Morgan fingerprint density at radius 3 is 2.29 bits per heavy atom. The van der Waals surface area contributed by atoms with Gasteiger partial charge in [-0.05, 0) is 12.1 Å². The molecule has 0 aliphatic carbocycles. The minimum Gasteiger partial charge on any atom is -0.402 e. The van der Waals surface area contributed by atoms with Crippen LogP contribution in [0.25, 0.3) is 11.0 Å². The van der Waals surface area contributed by atoms with E-state index in [4.69, 9.17) is 38.4 Å². The van der Waals surface area contributed by atoms with Gasteiger partial charge in [0.05, 0.1) is 5.02 Å². The van der Waals surface area contributed by atoms with E-state index in [0.29, 0.717) is 5.02 Å². The van der Waals surface area contributed by atoms with Crippen LogP contribution in [-0.2, 0) is 0 Å². The lowest BCUT2D eigenvalue weighted by molar-refractivity contribution is 0.278. The minimum atomic E-state index is -2.17. The van der Waals surface area contributed by atoms with E-state index < -0.39 is 7.32 Å². The lowest BCUT2D eigenvalue weighted by atomic mass is 10.3. The van der Waals surface area contributed by atoms with Crippen molar-refractivity contribution >= 4 is 41.7 Å². The average molecular weight is 237 g/mol. The van der Waals surface area contributed by atoms with Gasteiger partial charge in [-0.3, -0.25) is 5.10 Å². The molecule has 5 nitrogen and oxygen atoms in total. The third kappa shape index (κ3) is 2.66. The molecule has 0 atom stereocenters. The summed E-state index contributed by atoms with van der Waals surface area (Å²) in [5.74, 6) is 0.